The van der Waals surface area contributed by atoms with Crippen molar-refractivity contribution in [2.24, 2.45) is 0 Å². The van der Waals surface area contributed by atoms with Crippen LogP contribution in [0.3, 0.4) is 0 Å². The lowest BCUT2D eigenvalue weighted by atomic mass is 10.1. The summed E-state index contributed by atoms with van der Waals surface area (Å²) in [5, 5.41) is 6.06. The molecule has 0 atom stereocenters. The second-order valence-corrected chi connectivity index (χ2v) is 9.57. The van der Waals surface area contributed by atoms with Gasteiger partial charge in [0.2, 0.25) is 11.9 Å². The van der Waals surface area contributed by atoms with E-state index in [1.165, 1.54) is 6.08 Å². The molecule has 0 unspecified atom stereocenters. The fraction of sp³-hybridized carbons (Fsp3) is 0.167. The number of benzene rings is 2. The Morgan fingerprint density at radius 1 is 1.02 bits per heavy atom. The molecule has 0 saturated carbocycles. The summed E-state index contributed by atoms with van der Waals surface area (Å²) in [6.45, 7) is 1.45. The van der Waals surface area contributed by atoms with E-state index in [2.05, 4.69) is 20.6 Å². The fourth-order valence-corrected chi connectivity index (χ4v) is 4.27. The lowest BCUT2D eigenvalue weighted by molar-refractivity contribution is -0.111. The van der Waals surface area contributed by atoms with E-state index in [1.807, 2.05) is 67.5 Å². The highest BCUT2D eigenvalue weighted by Gasteiger charge is 2.33. The molecule has 0 bridgehead atoms. The standard InChI is InChI=1S/C30H30N8O2/c1-36(2)17-7-12-27(39)33-25-10-6-11-26(18-25)38-28-23(19-32-29(35-28)34-24-13-15-31-16-14-24)21-37(30(38)40)20-22-8-4-3-5-9-22/h3-16,18-19H,17,20-21H2,1-2H3,(H,33,39)(H,31,32,34,35)/b12-7+. The zero-order valence-corrected chi connectivity index (χ0v) is 22.4. The third-order valence-corrected chi connectivity index (χ3v) is 6.14. The van der Waals surface area contributed by atoms with Gasteiger partial charge in [0.15, 0.2) is 5.82 Å². The van der Waals surface area contributed by atoms with E-state index in [-0.39, 0.29) is 11.9 Å². The van der Waals surface area contributed by atoms with Crippen LogP contribution < -0.4 is 15.5 Å². The van der Waals surface area contributed by atoms with Crippen LogP contribution in [0.4, 0.5) is 33.6 Å². The van der Waals surface area contributed by atoms with Crippen molar-refractivity contribution in [2.45, 2.75) is 13.1 Å². The molecule has 5 rings (SSSR count). The van der Waals surface area contributed by atoms with Crippen LogP contribution in [-0.4, -0.2) is 57.3 Å². The van der Waals surface area contributed by atoms with Gasteiger partial charge in [-0.3, -0.25) is 9.78 Å². The molecule has 202 valence electrons. The first-order valence-corrected chi connectivity index (χ1v) is 12.8. The van der Waals surface area contributed by atoms with Crippen LogP contribution in [0.2, 0.25) is 0 Å². The number of urea groups is 1. The Balaban J connectivity index is 1.47. The lowest BCUT2D eigenvalue weighted by Gasteiger charge is -2.36. The lowest BCUT2D eigenvalue weighted by Crippen LogP contribution is -2.45. The summed E-state index contributed by atoms with van der Waals surface area (Å²) in [5.74, 6) is 0.589. The summed E-state index contributed by atoms with van der Waals surface area (Å²) in [4.78, 5) is 45.0. The van der Waals surface area contributed by atoms with Crippen LogP contribution in [0, 0.1) is 0 Å². The molecule has 3 amide bonds. The predicted molar refractivity (Wildman–Crippen MR) is 156 cm³/mol. The van der Waals surface area contributed by atoms with Crippen LogP contribution in [-0.2, 0) is 17.9 Å². The number of aromatic nitrogens is 3. The molecule has 10 nitrogen and oxygen atoms in total. The number of hydrogen-bond donors (Lipinski definition) is 2. The summed E-state index contributed by atoms with van der Waals surface area (Å²) in [7, 11) is 3.86. The van der Waals surface area contributed by atoms with Crippen molar-refractivity contribution in [1.29, 1.82) is 0 Å². The van der Waals surface area contributed by atoms with E-state index in [9.17, 15) is 9.59 Å². The highest BCUT2D eigenvalue weighted by molar-refractivity contribution is 6.03. The average Bonchev–Trinajstić information content (AvgIpc) is 2.95. The second-order valence-electron chi connectivity index (χ2n) is 9.57. The predicted octanol–water partition coefficient (Wildman–Crippen LogP) is 4.95. The first-order chi connectivity index (χ1) is 19.5. The average molecular weight is 535 g/mol. The Morgan fingerprint density at radius 2 is 1.82 bits per heavy atom. The smallest absolute Gasteiger partial charge is 0.324 e. The van der Waals surface area contributed by atoms with Gasteiger partial charge >= 0.3 is 6.03 Å². The van der Waals surface area contributed by atoms with Crippen molar-refractivity contribution in [3.63, 3.8) is 0 Å². The molecule has 40 heavy (non-hydrogen) atoms. The number of nitrogens with zero attached hydrogens (tertiary/aromatic N) is 6. The maximum Gasteiger partial charge on any atom is 0.330 e. The maximum absolute atomic E-state index is 14.0. The minimum absolute atomic E-state index is 0.223. The van der Waals surface area contributed by atoms with Crippen molar-refractivity contribution in [2.75, 3.05) is 36.2 Å². The number of rotatable bonds is 9. The van der Waals surface area contributed by atoms with Gasteiger partial charge in [-0.2, -0.15) is 4.98 Å². The van der Waals surface area contributed by atoms with Gasteiger partial charge in [0.1, 0.15) is 0 Å². The molecule has 0 fully saturated rings. The maximum atomic E-state index is 14.0. The topological polar surface area (TPSA) is 107 Å². The molecular weight excluding hydrogens is 504 g/mol. The van der Waals surface area contributed by atoms with Crippen LogP contribution in [0.15, 0.2) is 97.5 Å². The van der Waals surface area contributed by atoms with Crippen molar-refractivity contribution < 1.29 is 9.59 Å². The van der Waals surface area contributed by atoms with E-state index in [1.54, 1.807) is 52.7 Å². The molecule has 0 aliphatic carbocycles. The van der Waals surface area contributed by atoms with Gasteiger partial charge in [-0.15, -0.1) is 0 Å². The normalized spacial score (nSPS) is 13.0. The van der Waals surface area contributed by atoms with Crippen molar-refractivity contribution >= 4 is 40.8 Å². The zero-order valence-electron chi connectivity index (χ0n) is 22.4. The van der Waals surface area contributed by atoms with Gasteiger partial charge in [-0.25, -0.2) is 14.7 Å². The zero-order chi connectivity index (χ0) is 27.9. The summed E-state index contributed by atoms with van der Waals surface area (Å²) >= 11 is 0. The fourth-order valence-electron chi connectivity index (χ4n) is 4.27. The SMILES string of the molecule is CN(C)C/C=C/C(=O)Nc1cccc(N2C(=O)N(Cc3ccccc3)Cc3cnc(Nc4ccncc4)nc32)c1. The summed E-state index contributed by atoms with van der Waals surface area (Å²) in [6, 6.07) is 20.4. The number of carbonyl (C=O) groups is 2. The number of likely N-dealkylation sites (N-methyl/N-ethyl adjacent to an activating group) is 1. The number of nitrogens with one attached hydrogen (secondary N) is 2. The Labute approximate surface area is 233 Å². The van der Waals surface area contributed by atoms with Gasteiger partial charge < -0.3 is 20.4 Å². The number of amides is 3. The van der Waals surface area contributed by atoms with Gasteiger partial charge in [-0.05, 0) is 50.0 Å². The molecule has 10 heteroatoms. The molecule has 2 aromatic carbocycles. The molecule has 2 N–H and O–H groups in total. The summed E-state index contributed by atoms with van der Waals surface area (Å²) in [6.07, 6.45) is 8.38. The third kappa shape index (κ3) is 6.48. The Bertz CT molecular complexity index is 1510. The van der Waals surface area contributed by atoms with Gasteiger partial charge in [-0.1, -0.05) is 42.5 Å². The van der Waals surface area contributed by atoms with E-state index < -0.39 is 0 Å². The number of fused-ring (bicyclic) bond motifs is 1. The largest absolute Gasteiger partial charge is 0.330 e. The van der Waals surface area contributed by atoms with Gasteiger partial charge in [0, 0.05) is 54.7 Å². The summed E-state index contributed by atoms with van der Waals surface area (Å²) < 4.78 is 0. The highest BCUT2D eigenvalue weighted by atomic mass is 16.2. The number of pyridine rings is 1. The molecule has 1 aliphatic rings. The molecule has 0 radical (unpaired) electrons. The van der Waals surface area contributed by atoms with E-state index in [4.69, 9.17) is 4.98 Å². The van der Waals surface area contributed by atoms with Crippen LogP contribution in [0.1, 0.15) is 11.1 Å². The molecule has 0 saturated heterocycles. The van der Waals surface area contributed by atoms with E-state index >= 15 is 0 Å². The summed E-state index contributed by atoms with van der Waals surface area (Å²) in [5.41, 5.74) is 3.74. The van der Waals surface area contributed by atoms with Crippen molar-refractivity contribution in [3.8, 4) is 0 Å². The minimum Gasteiger partial charge on any atom is -0.324 e. The van der Waals surface area contributed by atoms with E-state index in [0.29, 0.717) is 42.8 Å². The third-order valence-electron chi connectivity index (χ3n) is 6.14. The van der Waals surface area contributed by atoms with Gasteiger partial charge in [0.05, 0.1) is 12.2 Å². The van der Waals surface area contributed by atoms with Crippen molar-refractivity contribution in [1.82, 2.24) is 24.8 Å². The quantitative estimate of drug-likeness (QED) is 0.293. The monoisotopic (exact) mass is 534 g/mol. The van der Waals surface area contributed by atoms with Crippen LogP contribution >= 0.6 is 0 Å². The molecule has 2 aromatic heterocycles. The number of carbonyl (C=O) groups excluding carboxylic acids is 2. The Morgan fingerprint density at radius 3 is 2.60 bits per heavy atom. The number of anilines is 5. The first-order valence-electron chi connectivity index (χ1n) is 12.8. The number of hydrogen-bond acceptors (Lipinski definition) is 7. The molecule has 3 heterocycles. The minimum atomic E-state index is -0.249. The molecule has 0 spiro atoms. The highest BCUT2D eigenvalue weighted by Crippen LogP contribution is 2.35. The Hall–Kier alpha value is -5.09. The van der Waals surface area contributed by atoms with Crippen LogP contribution in [0.25, 0.3) is 0 Å². The van der Waals surface area contributed by atoms with Crippen molar-refractivity contribution in [3.05, 3.63) is 109 Å². The first kappa shape index (κ1) is 26.5. The molecule has 4 aromatic rings. The van der Waals surface area contributed by atoms with Crippen LogP contribution in [0.5, 0.6) is 0 Å². The van der Waals surface area contributed by atoms with Gasteiger partial charge in [0.25, 0.3) is 0 Å². The molecule has 1 aliphatic heterocycles. The molecular formula is C30H30N8O2. The second kappa shape index (κ2) is 12.2. The van der Waals surface area contributed by atoms with E-state index in [0.717, 1.165) is 16.8 Å². The Kier molecular flexibility index (Phi) is 8.07.